The van der Waals surface area contributed by atoms with Crippen LogP contribution in [0.15, 0.2) is 22.8 Å². The van der Waals surface area contributed by atoms with Crippen molar-refractivity contribution in [3.05, 3.63) is 39.6 Å². The summed E-state index contributed by atoms with van der Waals surface area (Å²) < 4.78 is 1.11. The van der Waals surface area contributed by atoms with Crippen molar-refractivity contribution in [2.24, 2.45) is 0 Å². The number of aldehydes is 1. The number of carbonyl (C=O) groups is 1. The van der Waals surface area contributed by atoms with E-state index in [2.05, 4.69) is 25.9 Å². The maximum atomic E-state index is 10.6. The van der Waals surface area contributed by atoms with Crippen molar-refractivity contribution in [2.75, 3.05) is 0 Å². The number of hydrogen-bond donors (Lipinski definition) is 1. The van der Waals surface area contributed by atoms with Gasteiger partial charge in [-0.15, -0.1) is 0 Å². The van der Waals surface area contributed by atoms with Crippen LogP contribution in [-0.4, -0.2) is 16.3 Å². The molecule has 1 N–H and O–H groups in total. The number of aromatic amines is 1. The fraction of sp³-hybridized carbons (Fsp3) is 0.167. The van der Waals surface area contributed by atoms with Crippen molar-refractivity contribution in [1.82, 2.24) is 9.97 Å². The predicted octanol–water partition coefficient (Wildman–Crippen LogP) is 3.27. The average Bonchev–Trinajstić information content (AvgIpc) is 2.73. The number of aryl methyl sites for hydroxylation is 2. The third kappa shape index (κ3) is 1.93. The molecule has 0 aliphatic heterocycles. The fourth-order valence-corrected chi connectivity index (χ4v) is 1.85. The minimum absolute atomic E-state index is 0.494. The first-order valence-electron chi connectivity index (χ1n) is 4.89. The largest absolute Gasteiger partial charge is 0.336 e. The van der Waals surface area contributed by atoms with Gasteiger partial charge in [0.1, 0.15) is 5.82 Å². The number of aromatic nitrogens is 2. The number of halogens is 1. The summed E-state index contributed by atoms with van der Waals surface area (Å²) in [5.74, 6) is 0.723. The molecular weight excluding hydrogens is 268 g/mol. The van der Waals surface area contributed by atoms with E-state index in [9.17, 15) is 4.79 Å². The lowest BCUT2D eigenvalue weighted by atomic mass is 10.1. The second-order valence-electron chi connectivity index (χ2n) is 3.73. The summed E-state index contributed by atoms with van der Waals surface area (Å²) in [6.45, 7) is 4.06. The van der Waals surface area contributed by atoms with Crippen molar-refractivity contribution < 1.29 is 4.79 Å². The molecule has 0 atom stereocenters. The van der Waals surface area contributed by atoms with Crippen LogP contribution in [0, 0.1) is 13.8 Å². The zero-order valence-corrected chi connectivity index (χ0v) is 10.6. The van der Waals surface area contributed by atoms with Crippen LogP contribution < -0.4 is 0 Å². The number of imidazole rings is 1. The summed E-state index contributed by atoms with van der Waals surface area (Å²) in [7, 11) is 0. The third-order valence-electron chi connectivity index (χ3n) is 2.43. The van der Waals surface area contributed by atoms with Crippen LogP contribution >= 0.6 is 15.9 Å². The van der Waals surface area contributed by atoms with E-state index in [1.807, 2.05) is 26.0 Å². The first-order valence-corrected chi connectivity index (χ1v) is 5.68. The van der Waals surface area contributed by atoms with E-state index in [1.165, 1.54) is 6.20 Å². The van der Waals surface area contributed by atoms with E-state index in [4.69, 9.17) is 0 Å². The molecule has 0 radical (unpaired) electrons. The van der Waals surface area contributed by atoms with Gasteiger partial charge in [-0.1, -0.05) is 15.9 Å². The smallest absolute Gasteiger partial charge is 0.167 e. The molecule has 1 aromatic heterocycles. The monoisotopic (exact) mass is 278 g/mol. The molecule has 82 valence electrons. The van der Waals surface area contributed by atoms with Gasteiger partial charge in [0.05, 0.1) is 11.9 Å². The van der Waals surface area contributed by atoms with E-state index >= 15 is 0 Å². The lowest BCUT2D eigenvalue weighted by molar-refractivity contribution is 0.111. The number of carbonyl (C=O) groups excluding carboxylic acids is 1. The van der Waals surface area contributed by atoms with Gasteiger partial charge in [-0.25, -0.2) is 4.98 Å². The highest BCUT2D eigenvalue weighted by molar-refractivity contribution is 9.10. The van der Waals surface area contributed by atoms with E-state index in [1.54, 1.807) is 0 Å². The Labute approximate surface area is 102 Å². The molecule has 2 rings (SSSR count). The highest BCUT2D eigenvalue weighted by Crippen LogP contribution is 2.26. The Morgan fingerprint density at radius 3 is 2.44 bits per heavy atom. The van der Waals surface area contributed by atoms with Crippen molar-refractivity contribution in [3.8, 4) is 11.4 Å². The van der Waals surface area contributed by atoms with Crippen LogP contribution in [-0.2, 0) is 0 Å². The van der Waals surface area contributed by atoms with Crippen LogP contribution in [0.4, 0.5) is 0 Å². The third-order valence-corrected chi connectivity index (χ3v) is 3.68. The van der Waals surface area contributed by atoms with Crippen molar-refractivity contribution in [3.63, 3.8) is 0 Å². The van der Waals surface area contributed by atoms with Gasteiger partial charge in [-0.05, 0) is 37.1 Å². The molecule has 0 bridgehead atoms. The molecule has 2 aromatic rings. The summed E-state index contributed by atoms with van der Waals surface area (Å²) >= 11 is 3.52. The number of H-pyrrole nitrogens is 1. The van der Waals surface area contributed by atoms with E-state index in [0.717, 1.165) is 33.3 Å². The molecule has 0 saturated heterocycles. The second kappa shape index (κ2) is 4.22. The molecule has 0 saturated carbocycles. The molecule has 1 heterocycles. The Hall–Kier alpha value is -1.42. The van der Waals surface area contributed by atoms with E-state index in [0.29, 0.717) is 5.69 Å². The molecule has 0 aliphatic carbocycles. The molecule has 0 amide bonds. The molecule has 0 aliphatic rings. The van der Waals surface area contributed by atoms with Gasteiger partial charge in [0.25, 0.3) is 0 Å². The highest BCUT2D eigenvalue weighted by Gasteiger charge is 2.07. The molecule has 1 aromatic carbocycles. The normalized spacial score (nSPS) is 10.4. The number of benzene rings is 1. The summed E-state index contributed by atoms with van der Waals surface area (Å²) in [6, 6.07) is 4.06. The minimum atomic E-state index is 0.494. The van der Waals surface area contributed by atoms with Crippen molar-refractivity contribution in [1.29, 1.82) is 0 Å². The van der Waals surface area contributed by atoms with E-state index in [-0.39, 0.29) is 0 Å². The summed E-state index contributed by atoms with van der Waals surface area (Å²) in [5.41, 5.74) is 3.79. The Morgan fingerprint density at radius 1 is 1.31 bits per heavy atom. The Kier molecular flexibility index (Phi) is 2.92. The van der Waals surface area contributed by atoms with Crippen LogP contribution in [0.5, 0.6) is 0 Å². The van der Waals surface area contributed by atoms with Crippen molar-refractivity contribution in [2.45, 2.75) is 13.8 Å². The SMILES string of the molecule is Cc1cc(-c2ncc(C=O)[nH]2)cc(C)c1Br. The summed E-state index contributed by atoms with van der Waals surface area (Å²) in [6.07, 6.45) is 2.30. The molecule has 0 fully saturated rings. The number of nitrogens with one attached hydrogen (secondary N) is 1. The average molecular weight is 279 g/mol. The van der Waals surface area contributed by atoms with E-state index < -0.39 is 0 Å². The first-order chi connectivity index (χ1) is 7.61. The molecular formula is C12H11BrN2O. The number of hydrogen-bond acceptors (Lipinski definition) is 2. The number of rotatable bonds is 2. The van der Waals surface area contributed by atoms with Crippen LogP contribution in [0.25, 0.3) is 11.4 Å². The van der Waals surface area contributed by atoms with Gasteiger partial charge in [-0.3, -0.25) is 4.79 Å². The first kappa shape index (κ1) is 11.1. The van der Waals surface area contributed by atoms with Gasteiger partial charge < -0.3 is 4.98 Å². The van der Waals surface area contributed by atoms with Crippen LogP contribution in [0.2, 0.25) is 0 Å². The fourth-order valence-electron chi connectivity index (χ4n) is 1.62. The second-order valence-corrected chi connectivity index (χ2v) is 4.52. The van der Waals surface area contributed by atoms with Crippen LogP contribution in [0.3, 0.4) is 0 Å². The minimum Gasteiger partial charge on any atom is -0.336 e. The van der Waals surface area contributed by atoms with Gasteiger partial charge in [0.2, 0.25) is 0 Å². The molecule has 3 nitrogen and oxygen atoms in total. The lowest BCUT2D eigenvalue weighted by Crippen LogP contribution is -1.87. The Balaban J connectivity index is 2.52. The lowest BCUT2D eigenvalue weighted by Gasteiger charge is -2.05. The molecule has 0 unspecified atom stereocenters. The quantitative estimate of drug-likeness (QED) is 0.857. The maximum absolute atomic E-state index is 10.6. The van der Waals surface area contributed by atoms with Gasteiger partial charge in [0.15, 0.2) is 6.29 Å². The topological polar surface area (TPSA) is 45.8 Å². The summed E-state index contributed by atoms with van der Waals surface area (Å²) in [5, 5.41) is 0. The highest BCUT2D eigenvalue weighted by atomic mass is 79.9. The van der Waals surface area contributed by atoms with Gasteiger partial charge >= 0.3 is 0 Å². The van der Waals surface area contributed by atoms with Gasteiger partial charge in [0, 0.05) is 10.0 Å². The molecule has 4 heteroatoms. The Bertz CT molecular complexity index is 523. The van der Waals surface area contributed by atoms with Crippen molar-refractivity contribution >= 4 is 22.2 Å². The zero-order valence-electron chi connectivity index (χ0n) is 9.04. The van der Waals surface area contributed by atoms with Crippen LogP contribution in [0.1, 0.15) is 21.6 Å². The zero-order chi connectivity index (χ0) is 11.7. The maximum Gasteiger partial charge on any atom is 0.167 e. The Morgan fingerprint density at radius 2 is 1.94 bits per heavy atom. The molecule has 16 heavy (non-hydrogen) atoms. The van der Waals surface area contributed by atoms with Gasteiger partial charge in [-0.2, -0.15) is 0 Å². The summed E-state index contributed by atoms with van der Waals surface area (Å²) in [4.78, 5) is 17.7. The molecule has 0 spiro atoms. The number of nitrogens with zero attached hydrogens (tertiary/aromatic N) is 1. The predicted molar refractivity (Wildman–Crippen MR) is 66.6 cm³/mol. The standard InChI is InChI=1S/C12H11BrN2O/c1-7-3-9(4-8(2)11(7)13)12-14-5-10(6-16)15-12/h3-6H,1-2H3,(H,14,15).